The Kier molecular flexibility index (Phi) is 4.77. The maximum atomic E-state index is 13.4. The number of nitrogens with zero attached hydrogens (tertiary/aromatic N) is 1. The van der Waals surface area contributed by atoms with Crippen molar-refractivity contribution >= 4 is 21.8 Å². The van der Waals surface area contributed by atoms with Crippen LogP contribution in [0.3, 0.4) is 0 Å². The number of likely N-dealkylation sites (tertiary alicyclic amines) is 1. The summed E-state index contributed by atoms with van der Waals surface area (Å²) >= 11 is 0. The van der Waals surface area contributed by atoms with Gasteiger partial charge in [0, 0.05) is 12.1 Å². The van der Waals surface area contributed by atoms with Crippen molar-refractivity contribution in [2.75, 3.05) is 6.54 Å². The van der Waals surface area contributed by atoms with E-state index in [1.165, 1.54) is 36.1 Å². The first-order valence-electron chi connectivity index (χ1n) is 8.35. The number of amides is 2. The molecule has 1 atom stereocenters. The van der Waals surface area contributed by atoms with Crippen molar-refractivity contribution in [2.24, 2.45) is 0 Å². The predicted molar refractivity (Wildman–Crippen MR) is 97.0 cm³/mol. The first-order chi connectivity index (χ1) is 12.6. The highest BCUT2D eigenvalue weighted by atomic mass is 32.2. The lowest BCUT2D eigenvalue weighted by molar-refractivity contribution is -0.135. The monoisotopic (exact) mass is 390 g/mol. The third-order valence-corrected chi connectivity index (χ3v) is 6.33. The molecule has 6 nitrogen and oxygen atoms in total. The van der Waals surface area contributed by atoms with E-state index in [4.69, 9.17) is 0 Å². The van der Waals surface area contributed by atoms with Gasteiger partial charge in [-0.25, -0.2) is 17.5 Å². The van der Waals surface area contributed by atoms with E-state index >= 15 is 0 Å². The number of sulfonamides is 1. The van der Waals surface area contributed by atoms with Gasteiger partial charge in [0.15, 0.2) is 0 Å². The standard InChI is InChI=1S/C19H19FN2O4S/c1-13-6-3-4-9-16(13)27(25,26)21-18(24)19(2)10-11-22(19)17(23)14-7-5-8-15(20)12-14/h3-9,12H,10-11H2,1-2H3,(H,21,24). The predicted octanol–water partition coefficient (Wildman–Crippen LogP) is 2.24. The molecule has 1 aliphatic heterocycles. The van der Waals surface area contributed by atoms with Gasteiger partial charge in [-0.05, 0) is 50.1 Å². The number of halogens is 1. The molecule has 2 aromatic rings. The van der Waals surface area contributed by atoms with Crippen LogP contribution in [0, 0.1) is 12.7 Å². The van der Waals surface area contributed by atoms with Crippen LogP contribution in [0.15, 0.2) is 53.4 Å². The van der Waals surface area contributed by atoms with E-state index in [1.807, 2.05) is 0 Å². The summed E-state index contributed by atoms with van der Waals surface area (Å²) in [6.45, 7) is 3.41. The zero-order chi connectivity index (χ0) is 19.8. The van der Waals surface area contributed by atoms with E-state index in [9.17, 15) is 22.4 Å². The van der Waals surface area contributed by atoms with Crippen LogP contribution < -0.4 is 4.72 Å². The van der Waals surface area contributed by atoms with Gasteiger partial charge in [-0.3, -0.25) is 9.59 Å². The number of nitrogens with one attached hydrogen (secondary N) is 1. The molecule has 27 heavy (non-hydrogen) atoms. The topological polar surface area (TPSA) is 83.6 Å². The highest BCUT2D eigenvalue weighted by molar-refractivity contribution is 7.90. The SMILES string of the molecule is Cc1ccccc1S(=O)(=O)NC(=O)C1(C)CCN1C(=O)c1cccc(F)c1. The van der Waals surface area contributed by atoms with Gasteiger partial charge in [-0.15, -0.1) is 0 Å². The Bertz CT molecular complexity index is 1020. The molecule has 1 fully saturated rings. The van der Waals surface area contributed by atoms with Crippen LogP contribution in [0.5, 0.6) is 0 Å². The summed E-state index contributed by atoms with van der Waals surface area (Å²) in [5.74, 6) is -1.87. The highest BCUT2D eigenvalue weighted by Gasteiger charge is 2.50. The van der Waals surface area contributed by atoms with E-state index in [0.717, 1.165) is 6.07 Å². The molecule has 3 rings (SSSR count). The number of hydrogen-bond acceptors (Lipinski definition) is 4. The van der Waals surface area contributed by atoms with Gasteiger partial charge in [0.1, 0.15) is 11.4 Å². The Morgan fingerprint density at radius 1 is 1.15 bits per heavy atom. The van der Waals surface area contributed by atoms with Crippen LogP contribution in [0.25, 0.3) is 0 Å². The third kappa shape index (κ3) is 3.44. The number of hydrogen-bond donors (Lipinski definition) is 1. The molecular formula is C19H19FN2O4S. The average Bonchev–Trinajstić information content (AvgIpc) is 2.59. The van der Waals surface area contributed by atoms with Crippen molar-refractivity contribution in [3.63, 3.8) is 0 Å². The first-order valence-corrected chi connectivity index (χ1v) is 9.84. The fraction of sp³-hybridized carbons (Fsp3) is 0.263. The second kappa shape index (κ2) is 6.77. The van der Waals surface area contributed by atoms with Gasteiger partial charge in [0.25, 0.3) is 21.8 Å². The molecule has 2 aromatic carbocycles. The molecule has 1 aliphatic rings. The minimum absolute atomic E-state index is 0.00396. The van der Waals surface area contributed by atoms with Gasteiger partial charge >= 0.3 is 0 Å². The molecule has 0 radical (unpaired) electrons. The number of aryl methyl sites for hydroxylation is 1. The van der Waals surface area contributed by atoms with Gasteiger partial charge in [0.05, 0.1) is 4.90 Å². The fourth-order valence-electron chi connectivity index (χ4n) is 3.04. The van der Waals surface area contributed by atoms with E-state index in [-0.39, 0.29) is 17.0 Å². The van der Waals surface area contributed by atoms with Crippen molar-refractivity contribution in [1.82, 2.24) is 9.62 Å². The summed E-state index contributed by atoms with van der Waals surface area (Å²) in [5, 5.41) is 0. The largest absolute Gasteiger partial charge is 0.324 e. The smallest absolute Gasteiger partial charge is 0.264 e. The molecule has 1 N–H and O–H groups in total. The van der Waals surface area contributed by atoms with Crippen LogP contribution in [-0.2, 0) is 14.8 Å². The van der Waals surface area contributed by atoms with E-state index in [1.54, 1.807) is 25.1 Å². The van der Waals surface area contributed by atoms with Gasteiger partial charge in [-0.2, -0.15) is 0 Å². The average molecular weight is 390 g/mol. The zero-order valence-electron chi connectivity index (χ0n) is 14.9. The molecule has 0 aromatic heterocycles. The van der Waals surface area contributed by atoms with E-state index in [0.29, 0.717) is 12.0 Å². The summed E-state index contributed by atoms with van der Waals surface area (Å²) in [7, 11) is -4.07. The lowest BCUT2D eigenvalue weighted by atomic mass is 9.85. The van der Waals surface area contributed by atoms with E-state index in [2.05, 4.69) is 4.72 Å². The Labute approximate surface area is 157 Å². The van der Waals surface area contributed by atoms with Crippen LogP contribution in [0.2, 0.25) is 0 Å². The van der Waals surface area contributed by atoms with Crippen molar-refractivity contribution in [1.29, 1.82) is 0 Å². The van der Waals surface area contributed by atoms with Gasteiger partial charge in [0.2, 0.25) is 0 Å². The van der Waals surface area contributed by atoms with Crippen LogP contribution in [0.1, 0.15) is 29.3 Å². The third-order valence-electron chi connectivity index (χ3n) is 4.83. The van der Waals surface area contributed by atoms with Gasteiger partial charge in [-0.1, -0.05) is 24.3 Å². The lowest BCUT2D eigenvalue weighted by Crippen LogP contribution is -2.67. The van der Waals surface area contributed by atoms with Crippen molar-refractivity contribution in [2.45, 2.75) is 30.7 Å². The Morgan fingerprint density at radius 2 is 1.85 bits per heavy atom. The molecule has 1 heterocycles. The minimum atomic E-state index is -4.07. The van der Waals surface area contributed by atoms with Crippen molar-refractivity contribution in [3.05, 3.63) is 65.5 Å². The summed E-state index contributed by atoms with van der Waals surface area (Å²) in [6, 6.07) is 11.5. The summed E-state index contributed by atoms with van der Waals surface area (Å²) in [4.78, 5) is 26.6. The highest BCUT2D eigenvalue weighted by Crippen LogP contribution is 2.33. The second-order valence-corrected chi connectivity index (χ2v) is 8.34. The molecule has 1 unspecified atom stereocenters. The molecule has 2 amide bonds. The molecule has 0 bridgehead atoms. The normalized spacial score (nSPS) is 19.3. The molecule has 0 aliphatic carbocycles. The molecule has 8 heteroatoms. The Balaban J connectivity index is 1.82. The number of benzene rings is 2. The van der Waals surface area contributed by atoms with Crippen LogP contribution >= 0.6 is 0 Å². The Morgan fingerprint density at radius 3 is 2.44 bits per heavy atom. The molecular weight excluding hydrogens is 371 g/mol. The first kappa shape index (κ1) is 19.0. The van der Waals surface area contributed by atoms with Crippen molar-refractivity contribution in [3.8, 4) is 0 Å². The molecule has 0 spiro atoms. The second-order valence-electron chi connectivity index (χ2n) is 6.69. The maximum Gasteiger partial charge on any atom is 0.264 e. The van der Waals surface area contributed by atoms with Crippen LogP contribution in [0.4, 0.5) is 4.39 Å². The number of carbonyl (C=O) groups excluding carboxylic acids is 2. The summed E-state index contributed by atoms with van der Waals surface area (Å²) in [6.07, 6.45) is 0.309. The Hall–Kier alpha value is -2.74. The van der Waals surface area contributed by atoms with Crippen LogP contribution in [-0.4, -0.2) is 37.2 Å². The molecule has 0 saturated carbocycles. The maximum absolute atomic E-state index is 13.4. The number of rotatable bonds is 4. The quantitative estimate of drug-likeness (QED) is 0.868. The minimum Gasteiger partial charge on any atom is -0.324 e. The lowest BCUT2D eigenvalue weighted by Gasteiger charge is -2.48. The molecule has 142 valence electrons. The zero-order valence-corrected chi connectivity index (χ0v) is 15.7. The molecule has 1 saturated heterocycles. The van der Waals surface area contributed by atoms with Gasteiger partial charge < -0.3 is 4.90 Å². The fourth-order valence-corrected chi connectivity index (χ4v) is 4.37. The van der Waals surface area contributed by atoms with Crippen molar-refractivity contribution < 1.29 is 22.4 Å². The summed E-state index contributed by atoms with van der Waals surface area (Å²) in [5.41, 5.74) is -0.709. The number of carbonyl (C=O) groups is 2. The van der Waals surface area contributed by atoms with E-state index < -0.39 is 33.2 Å². The summed E-state index contributed by atoms with van der Waals surface area (Å²) < 4.78 is 40.6.